The minimum atomic E-state index is -0.242. The van der Waals surface area contributed by atoms with Crippen LogP contribution in [-0.4, -0.2) is 5.71 Å². The van der Waals surface area contributed by atoms with Crippen molar-refractivity contribution in [2.75, 3.05) is 10.3 Å². The minimum Gasteiger partial charge on any atom is -0.310 e. The number of anilines is 4. The Bertz CT molecular complexity index is 3200. The van der Waals surface area contributed by atoms with Crippen LogP contribution in [-0.2, 0) is 5.41 Å². The Labute approximate surface area is 381 Å². The summed E-state index contributed by atoms with van der Waals surface area (Å²) in [6.07, 6.45) is 0. The third-order valence-corrected chi connectivity index (χ3v) is 13.0. The number of nitrogens with one attached hydrogen (secondary N) is 1. The van der Waals surface area contributed by atoms with Crippen molar-refractivity contribution in [3.63, 3.8) is 0 Å². The molecule has 65 heavy (non-hydrogen) atoms. The van der Waals surface area contributed by atoms with Crippen LogP contribution in [0.5, 0.6) is 0 Å². The van der Waals surface area contributed by atoms with E-state index in [-0.39, 0.29) is 5.41 Å². The molecule has 0 bridgehead atoms. The van der Waals surface area contributed by atoms with Crippen molar-refractivity contribution in [2.24, 2.45) is 5.10 Å². The molecule has 1 aliphatic rings. The molecule has 1 N–H and O–H groups in total. The molecule has 0 saturated heterocycles. The minimum absolute atomic E-state index is 0.242. The van der Waals surface area contributed by atoms with Crippen molar-refractivity contribution in [1.82, 2.24) is 0 Å². The summed E-state index contributed by atoms with van der Waals surface area (Å²) in [7, 11) is 0. The van der Waals surface area contributed by atoms with Crippen LogP contribution >= 0.6 is 0 Å². The predicted octanol–water partition coefficient (Wildman–Crippen LogP) is 16.5. The standard InChI is InChI=1S/C62H47N3/c1-62(2)58-41-49(53-25-15-27-57-54(53)26-16-28-60(57)63-64-61(47-21-11-5-12-22-47)48-23-13-6-14-24-48)33-39-55(58)56-40-38-52(42-59(56)62)65(50-34-29-45(30-35-50)43-17-7-3-8-18-43)51-36-31-46(32-37-51)44-19-9-4-10-20-44/h3-42,63H,1-2H3. The van der Waals surface area contributed by atoms with E-state index < -0.39 is 0 Å². The van der Waals surface area contributed by atoms with E-state index in [0.717, 1.165) is 45.0 Å². The highest BCUT2D eigenvalue weighted by Gasteiger charge is 2.36. The number of hydrazone groups is 1. The Morgan fingerprint density at radius 1 is 0.369 bits per heavy atom. The summed E-state index contributed by atoms with van der Waals surface area (Å²) in [5.74, 6) is 0. The van der Waals surface area contributed by atoms with Crippen LogP contribution in [0.3, 0.4) is 0 Å². The largest absolute Gasteiger partial charge is 0.310 e. The van der Waals surface area contributed by atoms with E-state index in [2.05, 4.69) is 255 Å². The molecule has 0 saturated carbocycles. The van der Waals surface area contributed by atoms with Gasteiger partial charge in [-0.15, -0.1) is 0 Å². The maximum atomic E-state index is 5.03. The lowest BCUT2D eigenvalue weighted by Crippen LogP contribution is -2.16. The van der Waals surface area contributed by atoms with E-state index in [1.807, 2.05) is 12.1 Å². The first-order valence-corrected chi connectivity index (χ1v) is 22.4. The van der Waals surface area contributed by atoms with Crippen molar-refractivity contribution in [3.05, 3.63) is 265 Å². The van der Waals surface area contributed by atoms with Gasteiger partial charge in [0.15, 0.2) is 0 Å². The van der Waals surface area contributed by atoms with Crippen molar-refractivity contribution in [1.29, 1.82) is 0 Å². The zero-order valence-electron chi connectivity index (χ0n) is 36.5. The Morgan fingerprint density at radius 2 is 0.815 bits per heavy atom. The SMILES string of the molecule is CC1(C)c2cc(-c3cccc4c(NN=C(c5ccccc5)c5ccccc5)cccc34)ccc2-c2ccc(N(c3ccc(-c4ccccc4)cc3)c3ccc(-c4ccccc4)cc3)cc21. The van der Waals surface area contributed by atoms with Gasteiger partial charge in [0.25, 0.3) is 0 Å². The van der Waals surface area contributed by atoms with E-state index in [4.69, 9.17) is 5.10 Å². The molecule has 0 heterocycles. The zero-order valence-corrected chi connectivity index (χ0v) is 36.5. The smallest absolute Gasteiger partial charge is 0.0977 e. The van der Waals surface area contributed by atoms with Crippen molar-refractivity contribution in [3.8, 4) is 44.5 Å². The number of hydrogen-bond acceptors (Lipinski definition) is 3. The molecule has 1 aliphatic carbocycles. The second kappa shape index (κ2) is 16.8. The summed E-state index contributed by atoms with van der Waals surface area (Å²) in [5.41, 5.74) is 23.0. The van der Waals surface area contributed by atoms with E-state index >= 15 is 0 Å². The summed E-state index contributed by atoms with van der Waals surface area (Å²) < 4.78 is 0. The van der Waals surface area contributed by atoms with Gasteiger partial charge < -0.3 is 4.90 Å². The fraction of sp³-hybridized carbons (Fsp3) is 0.0484. The van der Waals surface area contributed by atoms with Gasteiger partial charge in [0.1, 0.15) is 0 Å². The summed E-state index contributed by atoms with van der Waals surface area (Å²) in [6, 6.07) is 87.0. The highest BCUT2D eigenvalue weighted by molar-refractivity contribution is 6.13. The molecular weight excluding hydrogens is 787 g/mol. The van der Waals surface area contributed by atoms with Gasteiger partial charge in [0, 0.05) is 39.0 Å². The molecule has 3 heteroatoms. The number of nitrogens with zero attached hydrogens (tertiary/aromatic N) is 2. The van der Waals surface area contributed by atoms with Crippen molar-refractivity contribution < 1.29 is 0 Å². The molecule has 10 aromatic carbocycles. The Morgan fingerprint density at radius 3 is 1.38 bits per heavy atom. The molecule has 11 rings (SSSR count). The second-order valence-corrected chi connectivity index (χ2v) is 17.3. The molecule has 310 valence electrons. The summed E-state index contributed by atoms with van der Waals surface area (Å²) >= 11 is 0. The maximum Gasteiger partial charge on any atom is 0.0977 e. The fourth-order valence-electron chi connectivity index (χ4n) is 9.61. The highest BCUT2D eigenvalue weighted by atomic mass is 15.3. The molecule has 0 atom stereocenters. The van der Waals surface area contributed by atoms with Crippen LogP contribution in [0.15, 0.2) is 248 Å². The van der Waals surface area contributed by atoms with Gasteiger partial charge in [0.2, 0.25) is 0 Å². The van der Waals surface area contributed by atoms with Crippen LogP contribution in [0.1, 0.15) is 36.1 Å². The second-order valence-electron chi connectivity index (χ2n) is 17.3. The van der Waals surface area contributed by atoms with E-state index in [0.29, 0.717) is 0 Å². The molecule has 0 amide bonds. The summed E-state index contributed by atoms with van der Waals surface area (Å²) in [4.78, 5) is 2.39. The van der Waals surface area contributed by atoms with E-state index in [9.17, 15) is 0 Å². The molecule has 0 aromatic heterocycles. The van der Waals surface area contributed by atoms with Crippen molar-refractivity contribution in [2.45, 2.75) is 19.3 Å². The molecule has 0 spiro atoms. The maximum absolute atomic E-state index is 5.03. The van der Waals surface area contributed by atoms with Crippen LogP contribution in [0, 0.1) is 0 Å². The third kappa shape index (κ3) is 7.47. The van der Waals surface area contributed by atoms with Gasteiger partial charge in [-0.3, -0.25) is 5.43 Å². The molecule has 0 fully saturated rings. The average molecular weight is 834 g/mol. The first-order chi connectivity index (χ1) is 32.0. The number of benzene rings is 10. The van der Waals surface area contributed by atoms with E-state index in [1.165, 1.54) is 61.0 Å². The quantitative estimate of drug-likeness (QED) is 0.110. The number of hydrogen-bond donors (Lipinski definition) is 1. The number of fused-ring (bicyclic) bond motifs is 4. The van der Waals surface area contributed by atoms with Crippen LogP contribution < -0.4 is 10.3 Å². The Hall–Kier alpha value is -8.27. The molecule has 3 nitrogen and oxygen atoms in total. The molecule has 0 aliphatic heterocycles. The van der Waals surface area contributed by atoms with Gasteiger partial charge in [-0.1, -0.05) is 208 Å². The van der Waals surface area contributed by atoms with Crippen LogP contribution in [0.2, 0.25) is 0 Å². The summed E-state index contributed by atoms with van der Waals surface area (Å²) in [6.45, 7) is 4.75. The first kappa shape index (κ1) is 39.6. The van der Waals surface area contributed by atoms with Crippen LogP contribution in [0.25, 0.3) is 55.3 Å². The molecule has 10 aromatic rings. The average Bonchev–Trinajstić information content (AvgIpc) is 3.60. The fourth-order valence-corrected chi connectivity index (χ4v) is 9.61. The topological polar surface area (TPSA) is 27.6 Å². The summed E-state index contributed by atoms with van der Waals surface area (Å²) in [5, 5.41) is 7.33. The lowest BCUT2D eigenvalue weighted by Gasteiger charge is -2.28. The monoisotopic (exact) mass is 833 g/mol. The Kier molecular flexibility index (Phi) is 10.2. The zero-order chi connectivity index (χ0) is 43.7. The third-order valence-electron chi connectivity index (χ3n) is 13.0. The van der Waals surface area contributed by atoms with Gasteiger partial charge in [0.05, 0.1) is 11.4 Å². The number of rotatable bonds is 10. The lowest BCUT2D eigenvalue weighted by molar-refractivity contribution is 0.660. The van der Waals surface area contributed by atoms with Gasteiger partial charge >= 0.3 is 0 Å². The molecular formula is C62H47N3. The van der Waals surface area contributed by atoms with E-state index in [1.54, 1.807) is 0 Å². The van der Waals surface area contributed by atoms with Crippen LogP contribution in [0.4, 0.5) is 22.7 Å². The van der Waals surface area contributed by atoms with Crippen molar-refractivity contribution >= 4 is 39.2 Å². The molecule has 0 radical (unpaired) electrons. The normalized spacial score (nSPS) is 12.3. The molecule has 0 unspecified atom stereocenters. The first-order valence-electron chi connectivity index (χ1n) is 22.4. The highest BCUT2D eigenvalue weighted by Crippen LogP contribution is 2.52. The van der Waals surface area contributed by atoms with Gasteiger partial charge in [-0.2, -0.15) is 5.10 Å². The predicted molar refractivity (Wildman–Crippen MR) is 275 cm³/mol. The van der Waals surface area contributed by atoms with Gasteiger partial charge in [-0.05, 0) is 110 Å². The lowest BCUT2D eigenvalue weighted by atomic mass is 9.81. The van der Waals surface area contributed by atoms with Gasteiger partial charge in [-0.25, -0.2) is 0 Å². The Balaban J connectivity index is 0.946.